The van der Waals surface area contributed by atoms with E-state index in [9.17, 15) is 8.42 Å². The maximum Gasteiger partial charge on any atom is 0.232 e. The van der Waals surface area contributed by atoms with E-state index in [0.29, 0.717) is 23.7 Å². The van der Waals surface area contributed by atoms with Crippen molar-refractivity contribution in [2.24, 2.45) is 7.05 Å². The number of hydrogen-bond acceptors (Lipinski definition) is 3. The number of aromatic nitrogens is 2. The Morgan fingerprint density at radius 3 is 2.73 bits per heavy atom. The van der Waals surface area contributed by atoms with Crippen LogP contribution in [-0.2, 0) is 17.1 Å². The third-order valence-electron chi connectivity index (χ3n) is 1.83. The van der Waals surface area contributed by atoms with Gasteiger partial charge in [-0.2, -0.15) is 5.10 Å². The third kappa shape index (κ3) is 3.71. The fourth-order valence-electron chi connectivity index (χ4n) is 1.16. The molecule has 0 bridgehead atoms. The molecule has 0 unspecified atom stereocenters. The highest BCUT2D eigenvalue weighted by molar-refractivity contribution is 7.92. The summed E-state index contributed by atoms with van der Waals surface area (Å²) in [6.45, 7) is 1.75. The van der Waals surface area contributed by atoms with E-state index in [1.54, 1.807) is 24.9 Å². The van der Waals surface area contributed by atoms with Crippen LogP contribution in [0.15, 0.2) is 6.20 Å². The normalized spacial score (nSPS) is 11.7. The van der Waals surface area contributed by atoms with Crippen molar-refractivity contribution in [3.8, 4) is 0 Å². The first-order valence-electron chi connectivity index (χ1n) is 4.51. The summed E-state index contributed by atoms with van der Waals surface area (Å²) in [5.74, 6) is 0.373. The molecule has 0 fully saturated rings. The smallest absolute Gasteiger partial charge is 0.232 e. The molecule has 1 rings (SSSR count). The summed E-state index contributed by atoms with van der Waals surface area (Å²) < 4.78 is 27.1. The molecular formula is C8H14ClN3O2S. The van der Waals surface area contributed by atoms with Crippen molar-refractivity contribution in [3.63, 3.8) is 0 Å². The van der Waals surface area contributed by atoms with E-state index in [4.69, 9.17) is 11.6 Å². The fraction of sp³-hybridized carbons (Fsp3) is 0.625. The highest BCUT2D eigenvalue weighted by Crippen LogP contribution is 2.13. The molecule has 1 heterocycles. The molecule has 0 saturated carbocycles. The predicted molar refractivity (Wildman–Crippen MR) is 60.7 cm³/mol. The number of nitrogens with zero attached hydrogens (tertiary/aromatic N) is 2. The molecule has 86 valence electrons. The van der Waals surface area contributed by atoms with Gasteiger partial charge in [-0.05, 0) is 13.3 Å². The second-order valence-electron chi connectivity index (χ2n) is 3.27. The van der Waals surface area contributed by atoms with Gasteiger partial charge in [0.25, 0.3) is 0 Å². The Bertz CT molecular complexity index is 427. The van der Waals surface area contributed by atoms with Crippen molar-refractivity contribution in [2.45, 2.75) is 13.3 Å². The van der Waals surface area contributed by atoms with Crippen LogP contribution < -0.4 is 4.72 Å². The molecule has 0 aliphatic rings. The van der Waals surface area contributed by atoms with Crippen LogP contribution in [0.5, 0.6) is 0 Å². The van der Waals surface area contributed by atoms with Crippen molar-refractivity contribution in [3.05, 3.63) is 11.9 Å². The summed E-state index contributed by atoms with van der Waals surface area (Å²) in [5, 5.41) is 4.04. The van der Waals surface area contributed by atoms with Gasteiger partial charge in [0.05, 0.1) is 17.1 Å². The summed E-state index contributed by atoms with van der Waals surface area (Å²) >= 11 is 5.44. The monoisotopic (exact) mass is 251 g/mol. The number of alkyl halides is 1. The molecule has 0 radical (unpaired) electrons. The summed E-state index contributed by atoms with van der Waals surface area (Å²) in [4.78, 5) is 0. The molecule has 7 heteroatoms. The first kappa shape index (κ1) is 12.3. The van der Waals surface area contributed by atoms with Gasteiger partial charge < -0.3 is 0 Å². The van der Waals surface area contributed by atoms with Crippen molar-refractivity contribution < 1.29 is 8.42 Å². The van der Waals surface area contributed by atoms with E-state index in [1.165, 1.54) is 0 Å². The van der Waals surface area contributed by atoms with Gasteiger partial charge in [0.2, 0.25) is 10.0 Å². The lowest BCUT2D eigenvalue weighted by molar-refractivity contribution is 0.600. The van der Waals surface area contributed by atoms with Crippen LogP contribution in [0.2, 0.25) is 0 Å². The van der Waals surface area contributed by atoms with Crippen molar-refractivity contribution in [1.29, 1.82) is 0 Å². The Labute approximate surface area is 94.5 Å². The number of anilines is 1. The maximum atomic E-state index is 11.5. The lowest BCUT2D eigenvalue weighted by Gasteiger charge is -2.04. The Morgan fingerprint density at radius 1 is 1.60 bits per heavy atom. The third-order valence-corrected chi connectivity index (χ3v) is 3.45. The van der Waals surface area contributed by atoms with E-state index in [-0.39, 0.29) is 5.75 Å². The number of hydrogen-bond donors (Lipinski definition) is 1. The average Bonchev–Trinajstić information content (AvgIpc) is 2.41. The molecule has 0 aliphatic heterocycles. The van der Waals surface area contributed by atoms with Gasteiger partial charge in [-0.1, -0.05) is 0 Å². The molecule has 0 spiro atoms. The molecule has 0 aliphatic carbocycles. The Morgan fingerprint density at radius 2 is 2.27 bits per heavy atom. The van der Waals surface area contributed by atoms with Crippen molar-refractivity contribution >= 4 is 27.3 Å². The second kappa shape index (κ2) is 4.85. The zero-order chi connectivity index (χ0) is 11.5. The Balaban J connectivity index is 2.73. The van der Waals surface area contributed by atoms with Crippen LogP contribution in [0.4, 0.5) is 5.69 Å². The van der Waals surface area contributed by atoms with E-state index < -0.39 is 10.0 Å². The van der Waals surface area contributed by atoms with Crippen LogP contribution in [0.1, 0.15) is 12.1 Å². The molecule has 0 amide bonds. The second-order valence-corrected chi connectivity index (χ2v) is 5.49. The molecule has 1 aromatic heterocycles. The number of nitrogens with one attached hydrogen (secondary N) is 1. The predicted octanol–water partition coefficient (Wildman–Crippen LogP) is 1.10. The minimum absolute atomic E-state index is 0.0326. The van der Waals surface area contributed by atoms with Gasteiger partial charge in [-0.25, -0.2) is 8.42 Å². The molecule has 0 atom stereocenters. The van der Waals surface area contributed by atoms with E-state index in [0.717, 1.165) is 0 Å². The van der Waals surface area contributed by atoms with Crippen LogP contribution in [-0.4, -0.2) is 29.8 Å². The molecule has 1 N–H and O–H groups in total. The topological polar surface area (TPSA) is 64.0 Å². The summed E-state index contributed by atoms with van der Waals surface area (Å²) in [6, 6.07) is 0. The number of rotatable bonds is 5. The maximum absolute atomic E-state index is 11.5. The Kier molecular flexibility index (Phi) is 3.98. The minimum Gasteiger partial charge on any atom is -0.280 e. The lowest BCUT2D eigenvalue weighted by atomic mass is 10.4. The largest absolute Gasteiger partial charge is 0.280 e. The van der Waals surface area contributed by atoms with Crippen molar-refractivity contribution in [1.82, 2.24) is 9.78 Å². The van der Waals surface area contributed by atoms with Crippen LogP contribution in [0, 0.1) is 6.92 Å². The summed E-state index contributed by atoms with van der Waals surface area (Å²) in [6.07, 6.45) is 2.07. The molecule has 15 heavy (non-hydrogen) atoms. The first-order chi connectivity index (χ1) is 6.94. The quantitative estimate of drug-likeness (QED) is 0.797. The molecule has 1 aromatic rings. The van der Waals surface area contributed by atoms with Crippen LogP contribution in [0.3, 0.4) is 0 Å². The highest BCUT2D eigenvalue weighted by Gasteiger charge is 2.12. The van der Waals surface area contributed by atoms with E-state index >= 15 is 0 Å². The highest BCUT2D eigenvalue weighted by atomic mass is 35.5. The standard InChI is InChI=1S/C8H14ClN3O2S/c1-7-8(6-12(2)10-7)11-15(13,14)5-3-4-9/h6,11H,3-5H2,1-2H3. The zero-order valence-electron chi connectivity index (χ0n) is 8.70. The van der Waals surface area contributed by atoms with Gasteiger partial charge in [0.1, 0.15) is 0 Å². The number of halogens is 1. The number of aryl methyl sites for hydroxylation is 2. The van der Waals surface area contributed by atoms with Crippen molar-refractivity contribution in [2.75, 3.05) is 16.4 Å². The van der Waals surface area contributed by atoms with Gasteiger partial charge in [0.15, 0.2) is 0 Å². The summed E-state index contributed by atoms with van der Waals surface area (Å²) in [7, 11) is -1.55. The molecule has 0 saturated heterocycles. The molecule has 0 aromatic carbocycles. The fourth-order valence-corrected chi connectivity index (χ4v) is 2.62. The first-order valence-corrected chi connectivity index (χ1v) is 6.70. The average molecular weight is 252 g/mol. The summed E-state index contributed by atoms with van der Waals surface area (Å²) in [5.41, 5.74) is 1.18. The minimum atomic E-state index is -3.29. The number of sulfonamides is 1. The van der Waals surface area contributed by atoms with Gasteiger partial charge in [-0.3, -0.25) is 9.40 Å². The lowest BCUT2D eigenvalue weighted by Crippen LogP contribution is -2.17. The van der Waals surface area contributed by atoms with Crippen LogP contribution in [0.25, 0.3) is 0 Å². The van der Waals surface area contributed by atoms with Gasteiger partial charge >= 0.3 is 0 Å². The molecular weight excluding hydrogens is 238 g/mol. The molecule has 5 nitrogen and oxygen atoms in total. The Hall–Kier alpha value is -0.750. The van der Waals surface area contributed by atoms with Crippen LogP contribution >= 0.6 is 11.6 Å². The van der Waals surface area contributed by atoms with Gasteiger partial charge in [0, 0.05) is 19.1 Å². The zero-order valence-corrected chi connectivity index (χ0v) is 10.3. The SMILES string of the molecule is Cc1nn(C)cc1NS(=O)(=O)CCCCl. The van der Waals surface area contributed by atoms with Gasteiger partial charge in [-0.15, -0.1) is 11.6 Å². The van der Waals surface area contributed by atoms with E-state index in [2.05, 4.69) is 9.82 Å². The van der Waals surface area contributed by atoms with E-state index in [1.807, 2.05) is 0 Å².